The Labute approximate surface area is 145 Å². The Hall–Kier alpha value is -2.53. The summed E-state index contributed by atoms with van der Waals surface area (Å²) in [5.74, 6) is -0.472. The molecule has 0 aliphatic heterocycles. The second kappa shape index (κ2) is 7.84. The van der Waals surface area contributed by atoms with Gasteiger partial charge in [0.25, 0.3) is 5.91 Å². The van der Waals surface area contributed by atoms with Gasteiger partial charge >= 0.3 is 5.97 Å². The lowest BCUT2D eigenvalue weighted by molar-refractivity contribution is -0.119. The maximum absolute atomic E-state index is 12.0. The molecule has 2 aromatic carbocycles. The fourth-order valence-corrected chi connectivity index (χ4v) is 2.45. The maximum Gasteiger partial charge on any atom is 0.338 e. The van der Waals surface area contributed by atoms with Gasteiger partial charge in [-0.3, -0.25) is 4.79 Å². The van der Waals surface area contributed by atoms with Gasteiger partial charge in [-0.25, -0.2) is 4.79 Å². The van der Waals surface area contributed by atoms with Crippen LogP contribution in [0, 0.1) is 13.8 Å². The van der Waals surface area contributed by atoms with Crippen molar-refractivity contribution in [3.8, 4) is 5.75 Å². The van der Waals surface area contributed by atoms with Crippen LogP contribution < -0.4 is 10.1 Å². The van der Waals surface area contributed by atoms with Gasteiger partial charge in [0.15, 0.2) is 6.61 Å². The third-order valence-electron chi connectivity index (χ3n) is 3.37. The minimum atomic E-state index is -0.532. The van der Waals surface area contributed by atoms with E-state index in [0.717, 1.165) is 11.1 Å². The molecule has 1 amide bonds. The van der Waals surface area contributed by atoms with Crippen molar-refractivity contribution in [1.82, 2.24) is 0 Å². The van der Waals surface area contributed by atoms with Crippen LogP contribution in [0.5, 0.6) is 5.75 Å². The maximum atomic E-state index is 12.0. The molecule has 0 saturated heterocycles. The van der Waals surface area contributed by atoms with Crippen LogP contribution >= 0.6 is 11.6 Å². The summed E-state index contributed by atoms with van der Waals surface area (Å²) in [5.41, 5.74) is 2.80. The Morgan fingerprint density at radius 3 is 2.50 bits per heavy atom. The largest absolute Gasteiger partial charge is 0.495 e. The van der Waals surface area contributed by atoms with Crippen LogP contribution in [0.4, 0.5) is 5.69 Å². The molecule has 2 rings (SSSR count). The summed E-state index contributed by atoms with van der Waals surface area (Å²) in [4.78, 5) is 23.9. The van der Waals surface area contributed by atoms with Crippen molar-refractivity contribution in [2.24, 2.45) is 0 Å². The van der Waals surface area contributed by atoms with Crippen LogP contribution in [0.15, 0.2) is 36.4 Å². The summed E-state index contributed by atoms with van der Waals surface area (Å²) in [5, 5.41) is 2.99. The smallest absolute Gasteiger partial charge is 0.338 e. The minimum Gasteiger partial charge on any atom is -0.495 e. The average molecular weight is 348 g/mol. The lowest BCUT2D eigenvalue weighted by Gasteiger charge is -2.10. The van der Waals surface area contributed by atoms with Crippen molar-refractivity contribution in [3.63, 3.8) is 0 Å². The molecule has 5 nitrogen and oxygen atoms in total. The number of methoxy groups -OCH3 is 1. The summed E-state index contributed by atoms with van der Waals surface area (Å²) in [6, 6.07) is 10.2. The Morgan fingerprint density at radius 2 is 1.88 bits per heavy atom. The van der Waals surface area contributed by atoms with E-state index in [-0.39, 0.29) is 6.61 Å². The number of hydrogen-bond donors (Lipinski definition) is 1. The monoisotopic (exact) mass is 347 g/mol. The zero-order valence-corrected chi connectivity index (χ0v) is 14.4. The van der Waals surface area contributed by atoms with Gasteiger partial charge in [0.1, 0.15) is 5.75 Å². The van der Waals surface area contributed by atoms with Crippen LogP contribution in [0.1, 0.15) is 21.5 Å². The highest BCUT2D eigenvalue weighted by Gasteiger charge is 2.13. The first kappa shape index (κ1) is 17.8. The Bertz CT molecular complexity index is 774. The minimum absolute atomic E-state index is 0.377. The highest BCUT2D eigenvalue weighted by Crippen LogP contribution is 2.27. The van der Waals surface area contributed by atoms with E-state index in [1.165, 1.54) is 7.11 Å². The summed E-state index contributed by atoms with van der Waals surface area (Å²) < 4.78 is 10.1. The number of halogens is 1. The quantitative estimate of drug-likeness (QED) is 0.836. The first-order valence-electron chi connectivity index (χ1n) is 7.28. The number of hydrogen-bond acceptors (Lipinski definition) is 4. The molecule has 2 aromatic rings. The van der Waals surface area contributed by atoms with Gasteiger partial charge in [0.05, 0.1) is 17.7 Å². The van der Waals surface area contributed by atoms with E-state index >= 15 is 0 Å². The van der Waals surface area contributed by atoms with Crippen LogP contribution in [0.3, 0.4) is 0 Å². The molecule has 0 fully saturated rings. The molecule has 0 atom stereocenters. The van der Waals surface area contributed by atoms with E-state index in [9.17, 15) is 9.59 Å². The molecule has 24 heavy (non-hydrogen) atoms. The predicted molar refractivity (Wildman–Crippen MR) is 92.8 cm³/mol. The fraction of sp³-hybridized carbons (Fsp3) is 0.222. The second-order valence-electron chi connectivity index (χ2n) is 5.29. The summed E-state index contributed by atoms with van der Waals surface area (Å²) >= 11 is 5.99. The summed E-state index contributed by atoms with van der Waals surface area (Å²) in [6.07, 6.45) is 0. The van der Waals surface area contributed by atoms with Crippen molar-refractivity contribution in [2.75, 3.05) is 19.0 Å². The Kier molecular flexibility index (Phi) is 5.82. The molecule has 0 heterocycles. The number of aryl methyl sites for hydroxylation is 2. The van der Waals surface area contributed by atoms with Gasteiger partial charge in [-0.2, -0.15) is 0 Å². The second-order valence-corrected chi connectivity index (χ2v) is 5.70. The van der Waals surface area contributed by atoms with Crippen molar-refractivity contribution in [3.05, 3.63) is 58.1 Å². The molecule has 126 valence electrons. The van der Waals surface area contributed by atoms with E-state index in [0.29, 0.717) is 22.0 Å². The Balaban J connectivity index is 1.93. The number of rotatable bonds is 5. The highest BCUT2D eigenvalue weighted by molar-refractivity contribution is 6.32. The summed E-state index contributed by atoms with van der Waals surface area (Å²) in [6.45, 7) is 3.38. The number of benzene rings is 2. The Morgan fingerprint density at radius 1 is 1.12 bits per heavy atom. The number of amides is 1. The number of esters is 1. The van der Waals surface area contributed by atoms with E-state index in [1.807, 2.05) is 26.0 Å². The number of anilines is 1. The summed E-state index contributed by atoms with van der Waals surface area (Å²) in [7, 11) is 1.51. The molecule has 6 heteroatoms. The molecular weight excluding hydrogens is 330 g/mol. The van der Waals surface area contributed by atoms with Crippen LogP contribution in [-0.4, -0.2) is 25.6 Å². The molecule has 0 aliphatic carbocycles. The molecule has 1 N–H and O–H groups in total. The van der Waals surface area contributed by atoms with Gasteiger partial charge < -0.3 is 14.8 Å². The van der Waals surface area contributed by atoms with Crippen molar-refractivity contribution in [1.29, 1.82) is 0 Å². The van der Waals surface area contributed by atoms with E-state index in [2.05, 4.69) is 5.32 Å². The lowest BCUT2D eigenvalue weighted by atomic mass is 10.1. The standard InChI is InChI=1S/C18H18ClNO4/c1-11-4-6-14(12(2)8-11)18(22)24-10-17(21)20-13-5-7-16(23-3)15(19)9-13/h4-9H,10H2,1-3H3,(H,20,21). The van der Waals surface area contributed by atoms with E-state index in [4.69, 9.17) is 21.1 Å². The SMILES string of the molecule is COc1ccc(NC(=O)COC(=O)c2ccc(C)cc2C)cc1Cl. The van der Waals surface area contributed by atoms with Gasteiger partial charge in [-0.05, 0) is 43.7 Å². The van der Waals surface area contributed by atoms with E-state index in [1.54, 1.807) is 24.3 Å². The third kappa shape index (κ3) is 4.49. The molecular formula is C18H18ClNO4. The van der Waals surface area contributed by atoms with E-state index < -0.39 is 11.9 Å². The van der Waals surface area contributed by atoms with Crippen LogP contribution in [-0.2, 0) is 9.53 Å². The number of nitrogens with one attached hydrogen (secondary N) is 1. The zero-order valence-electron chi connectivity index (χ0n) is 13.7. The number of carbonyl (C=O) groups excluding carboxylic acids is 2. The molecule has 0 unspecified atom stereocenters. The van der Waals surface area contributed by atoms with Crippen molar-refractivity contribution >= 4 is 29.2 Å². The highest BCUT2D eigenvalue weighted by atomic mass is 35.5. The lowest BCUT2D eigenvalue weighted by Crippen LogP contribution is -2.21. The van der Waals surface area contributed by atoms with Crippen molar-refractivity contribution < 1.29 is 19.1 Å². The normalized spacial score (nSPS) is 10.2. The zero-order chi connectivity index (χ0) is 17.7. The topological polar surface area (TPSA) is 64.6 Å². The molecule has 0 radical (unpaired) electrons. The number of ether oxygens (including phenoxy) is 2. The first-order valence-corrected chi connectivity index (χ1v) is 7.66. The van der Waals surface area contributed by atoms with Crippen LogP contribution in [0.2, 0.25) is 5.02 Å². The number of carbonyl (C=O) groups is 2. The molecule has 0 aromatic heterocycles. The fourth-order valence-electron chi connectivity index (χ4n) is 2.19. The van der Waals surface area contributed by atoms with Gasteiger partial charge in [-0.1, -0.05) is 29.3 Å². The van der Waals surface area contributed by atoms with Crippen LogP contribution in [0.25, 0.3) is 0 Å². The average Bonchev–Trinajstić information content (AvgIpc) is 2.53. The van der Waals surface area contributed by atoms with Gasteiger partial charge in [-0.15, -0.1) is 0 Å². The third-order valence-corrected chi connectivity index (χ3v) is 3.67. The van der Waals surface area contributed by atoms with Crippen molar-refractivity contribution in [2.45, 2.75) is 13.8 Å². The first-order chi connectivity index (χ1) is 11.4. The molecule has 0 saturated carbocycles. The van der Waals surface area contributed by atoms with Gasteiger partial charge in [0.2, 0.25) is 0 Å². The van der Waals surface area contributed by atoms with Gasteiger partial charge in [0, 0.05) is 5.69 Å². The predicted octanol–water partition coefficient (Wildman–Crippen LogP) is 3.76. The molecule has 0 spiro atoms. The molecule has 0 aliphatic rings. The molecule has 0 bridgehead atoms.